The second-order valence-electron chi connectivity index (χ2n) is 4.31. The number of amides is 1. The van der Waals surface area contributed by atoms with E-state index in [4.69, 9.17) is 10.8 Å². The number of carbonyl (C=O) groups is 2. The molecule has 1 unspecified atom stereocenters. The standard InChI is InChI=1S/C12H13F3N2O3/c1-11(10(19)20,12(13,14)15)17-9(18)8(16)7-5-3-2-4-6-7/h2-6,8H,16H2,1H3,(H,17,18)(H,19,20)/t8-,11?/m0/s1. The van der Waals surface area contributed by atoms with Gasteiger partial charge in [0, 0.05) is 0 Å². The second-order valence-corrected chi connectivity index (χ2v) is 4.31. The van der Waals surface area contributed by atoms with Gasteiger partial charge in [0.25, 0.3) is 0 Å². The lowest BCUT2D eigenvalue weighted by molar-refractivity contribution is -0.207. The fourth-order valence-corrected chi connectivity index (χ4v) is 1.38. The summed E-state index contributed by atoms with van der Waals surface area (Å²) in [5, 5.41) is 10.1. The third-order valence-electron chi connectivity index (χ3n) is 2.81. The first-order chi connectivity index (χ1) is 9.09. The fraction of sp³-hybridized carbons (Fsp3) is 0.333. The van der Waals surface area contributed by atoms with Crippen LogP contribution in [0.2, 0.25) is 0 Å². The number of halogens is 3. The van der Waals surface area contributed by atoms with Gasteiger partial charge in [0.1, 0.15) is 6.04 Å². The molecule has 1 aromatic carbocycles. The lowest BCUT2D eigenvalue weighted by Crippen LogP contribution is -2.63. The largest absolute Gasteiger partial charge is 0.479 e. The van der Waals surface area contributed by atoms with Crippen LogP contribution in [0.25, 0.3) is 0 Å². The molecular formula is C12H13F3N2O3. The van der Waals surface area contributed by atoms with Gasteiger partial charge in [0.05, 0.1) is 0 Å². The van der Waals surface area contributed by atoms with Crippen molar-refractivity contribution in [2.24, 2.45) is 5.73 Å². The predicted molar refractivity (Wildman–Crippen MR) is 63.6 cm³/mol. The van der Waals surface area contributed by atoms with Gasteiger partial charge in [-0.2, -0.15) is 13.2 Å². The van der Waals surface area contributed by atoms with E-state index in [1.807, 2.05) is 0 Å². The van der Waals surface area contributed by atoms with Crippen LogP contribution in [0, 0.1) is 0 Å². The third kappa shape index (κ3) is 3.08. The zero-order valence-electron chi connectivity index (χ0n) is 10.4. The number of carbonyl (C=O) groups excluding carboxylic acids is 1. The Balaban J connectivity index is 2.96. The molecule has 0 aromatic heterocycles. The lowest BCUT2D eigenvalue weighted by Gasteiger charge is -2.29. The highest BCUT2D eigenvalue weighted by Gasteiger charge is 2.58. The maximum atomic E-state index is 12.7. The minimum absolute atomic E-state index is 0.278. The van der Waals surface area contributed by atoms with E-state index in [2.05, 4.69) is 0 Å². The SMILES string of the molecule is CC(NC(=O)[C@@H](N)c1ccccc1)(C(=O)O)C(F)(F)F. The first kappa shape index (κ1) is 16.0. The Morgan fingerprint density at radius 1 is 1.25 bits per heavy atom. The molecule has 2 atom stereocenters. The number of hydrogen-bond acceptors (Lipinski definition) is 3. The number of benzene rings is 1. The third-order valence-corrected chi connectivity index (χ3v) is 2.81. The smallest absolute Gasteiger partial charge is 0.422 e. The highest BCUT2D eigenvalue weighted by Crippen LogP contribution is 2.30. The van der Waals surface area contributed by atoms with Crippen LogP contribution in [-0.4, -0.2) is 28.7 Å². The predicted octanol–water partition coefficient (Wildman–Crippen LogP) is 1.21. The van der Waals surface area contributed by atoms with Crippen LogP contribution in [0.15, 0.2) is 30.3 Å². The van der Waals surface area contributed by atoms with Crippen molar-refractivity contribution in [1.29, 1.82) is 0 Å². The Morgan fingerprint density at radius 3 is 2.15 bits per heavy atom. The number of nitrogens with two attached hydrogens (primary N) is 1. The number of aliphatic carboxylic acids is 1. The van der Waals surface area contributed by atoms with Crippen molar-refractivity contribution in [1.82, 2.24) is 5.32 Å². The van der Waals surface area contributed by atoms with Crippen molar-refractivity contribution < 1.29 is 27.9 Å². The van der Waals surface area contributed by atoms with Gasteiger partial charge in [-0.15, -0.1) is 0 Å². The van der Waals surface area contributed by atoms with Gasteiger partial charge >= 0.3 is 12.1 Å². The van der Waals surface area contributed by atoms with Gasteiger partial charge in [-0.25, -0.2) is 4.79 Å². The first-order valence-electron chi connectivity index (χ1n) is 5.52. The van der Waals surface area contributed by atoms with E-state index < -0.39 is 29.6 Å². The van der Waals surface area contributed by atoms with E-state index in [0.717, 1.165) is 0 Å². The van der Waals surface area contributed by atoms with E-state index in [1.54, 1.807) is 18.2 Å². The number of hydrogen-bond donors (Lipinski definition) is 3. The quantitative estimate of drug-likeness (QED) is 0.777. The highest BCUT2D eigenvalue weighted by molar-refractivity contribution is 5.90. The van der Waals surface area contributed by atoms with Crippen molar-refractivity contribution >= 4 is 11.9 Å². The van der Waals surface area contributed by atoms with Crippen molar-refractivity contribution in [3.05, 3.63) is 35.9 Å². The Hall–Kier alpha value is -2.09. The van der Waals surface area contributed by atoms with Gasteiger partial charge in [-0.05, 0) is 12.5 Å². The maximum absolute atomic E-state index is 12.7. The number of carboxylic acid groups (broad SMARTS) is 1. The van der Waals surface area contributed by atoms with Gasteiger partial charge in [0.2, 0.25) is 11.4 Å². The van der Waals surface area contributed by atoms with Crippen LogP contribution in [0.1, 0.15) is 18.5 Å². The minimum atomic E-state index is -5.15. The van der Waals surface area contributed by atoms with Crippen molar-refractivity contribution in [2.75, 3.05) is 0 Å². The zero-order valence-corrected chi connectivity index (χ0v) is 10.4. The minimum Gasteiger partial charge on any atom is -0.479 e. The van der Waals surface area contributed by atoms with Gasteiger partial charge < -0.3 is 16.2 Å². The molecule has 0 radical (unpaired) electrons. The van der Waals surface area contributed by atoms with Gasteiger partial charge in [-0.3, -0.25) is 4.79 Å². The molecule has 1 aromatic rings. The number of alkyl halides is 3. The average Bonchev–Trinajstić information content (AvgIpc) is 2.37. The summed E-state index contributed by atoms with van der Waals surface area (Å²) in [6.45, 7) is 0.366. The van der Waals surface area contributed by atoms with E-state index in [0.29, 0.717) is 6.92 Å². The van der Waals surface area contributed by atoms with Crippen LogP contribution in [0.4, 0.5) is 13.2 Å². The molecule has 0 aliphatic carbocycles. The molecule has 0 saturated heterocycles. The number of carboxylic acids is 1. The molecule has 8 heteroatoms. The summed E-state index contributed by atoms with van der Waals surface area (Å²) >= 11 is 0. The van der Waals surface area contributed by atoms with Crippen LogP contribution in [0.5, 0.6) is 0 Å². The molecule has 0 aliphatic heterocycles. The lowest BCUT2D eigenvalue weighted by atomic mass is 10.00. The molecule has 0 aliphatic rings. The summed E-state index contributed by atoms with van der Waals surface area (Å²) in [6, 6.07) is 6.28. The molecule has 110 valence electrons. The average molecular weight is 290 g/mol. The summed E-state index contributed by atoms with van der Waals surface area (Å²) in [7, 11) is 0. The molecule has 20 heavy (non-hydrogen) atoms. The molecule has 1 rings (SSSR count). The van der Waals surface area contributed by atoms with E-state index >= 15 is 0 Å². The van der Waals surface area contributed by atoms with Crippen molar-refractivity contribution in [2.45, 2.75) is 24.7 Å². The summed E-state index contributed by atoms with van der Waals surface area (Å²) in [4.78, 5) is 22.5. The summed E-state index contributed by atoms with van der Waals surface area (Å²) < 4.78 is 38.2. The Bertz CT molecular complexity index is 504. The number of rotatable bonds is 4. The van der Waals surface area contributed by atoms with E-state index in [-0.39, 0.29) is 5.56 Å². The Labute approximate surface area is 112 Å². The Kier molecular flexibility index (Phi) is 4.39. The molecule has 0 saturated carbocycles. The highest BCUT2D eigenvalue weighted by atomic mass is 19.4. The molecule has 0 spiro atoms. The van der Waals surface area contributed by atoms with Crippen LogP contribution in [-0.2, 0) is 9.59 Å². The fourth-order valence-electron chi connectivity index (χ4n) is 1.38. The van der Waals surface area contributed by atoms with Crippen molar-refractivity contribution in [3.8, 4) is 0 Å². The normalized spacial score (nSPS) is 16.1. The molecule has 0 bridgehead atoms. The summed E-state index contributed by atoms with van der Waals surface area (Å²) in [5.74, 6) is -3.43. The number of nitrogens with one attached hydrogen (secondary N) is 1. The summed E-state index contributed by atoms with van der Waals surface area (Å²) in [6.07, 6.45) is -5.15. The molecule has 5 nitrogen and oxygen atoms in total. The van der Waals surface area contributed by atoms with Gasteiger partial charge in [0.15, 0.2) is 0 Å². The van der Waals surface area contributed by atoms with Crippen molar-refractivity contribution in [3.63, 3.8) is 0 Å². The Morgan fingerprint density at radius 2 is 1.75 bits per heavy atom. The summed E-state index contributed by atoms with van der Waals surface area (Å²) in [5.41, 5.74) is 2.40. The van der Waals surface area contributed by atoms with Gasteiger partial charge in [-0.1, -0.05) is 30.3 Å². The molecule has 4 N–H and O–H groups in total. The second kappa shape index (κ2) is 5.49. The monoisotopic (exact) mass is 290 g/mol. The van der Waals surface area contributed by atoms with Crippen LogP contribution >= 0.6 is 0 Å². The first-order valence-corrected chi connectivity index (χ1v) is 5.52. The van der Waals surface area contributed by atoms with E-state index in [1.165, 1.54) is 17.4 Å². The topological polar surface area (TPSA) is 92.4 Å². The van der Waals surface area contributed by atoms with Crippen LogP contribution in [0.3, 0.4) is 0 Å². The zero-order chi connectivity index (χ0) is 15.6. The molecule has 0 heterocycles. The molecule has 1 amide bonds. The van der Waals surface area contributed by atoms with Crippen LogP contribution < -0.4 is 11.1 Å². The van der Waals surface area contributed by atoms with E-state index in [9.17, 15) is 22.8 Å². The maximum Gasteiger partial charge on any atom is 0.422 e. The molecular weight excluding hydrogens is 277 g/mol. The molecule has 0 fully saturated rings.